The lowest BCUT2D eigenvalue weighted by Gasteiger charge is -2.02. The molecule has 2 N–H and O–H groups in total. The van der Waals surface area contributed by atoms with Gasteiger partial charge in [-0.3, -0.25) is 0 Å². The molecule has 0 aliphatic carbocycles. The summed E-state index contributed by atoms with van der Waals surface area (Å²) in [5, 5.41) is 8.82. The normalized spacial score (nSPS) is 11.9. The Morgan fingerprint density at radius 1 is 1.16 bits per heavy atom. The number of rotatable bonds is 6. The molecule has 2 heterocycles. The SMILES string of the molecule is O=S(=O)(NCc1ccc(Cl)s1)c1ccc(CCO)s1. The van der Waals surface area contributed by atoms with Crippen LogP contribution in [0, 0.1) is 0 Å². The molecular formula is C11H12ClNO3S3. The average Bonchev–Trinajstić information content (AvgIpc) is 2.97. The molecule has 0 bridgehead atoms. The minimum Gasteiger partial charge on any atom is -0.396 e. The van der Waals surface area contributed by atoms with Gasteiger partial charge >= 0.3 is 0 Å². The van der Waals surface area contributed by atoms with Crippen molar-refractivity contribution in [1.29, 1.82) is 0 Å². The summed E-state index contributed by atoms with van der Waals surface area (Å²) in [5.74, 6) is 0. The first-order chi connectivity index (χ1) is 9.01. The van der Waals surface area contributed by atoms with Gasteiger partial charge in [-0.05, 0) is 24.3 Å². The molecule has 0 aromatic carbocycles. The smallest absolute Gasteiger partial charge is 0.250 e. The lowest BCUT2D eigenvalue weighted by molar-refractivity contribution is 0.300. The summed E-state index contributed by atoms with van der Waals surface area (Å²) in [5.41, 5.74) is 0. The van der Waals surface area contributed by atoms with Crippen LogP contribution >= 0.6 is 34.3 Å². The van der Waals surface area contributed by atoms with E-state index in [2.05, 4.69) is 4.72 Å². The van der Waals surface area contributed by atoms with E-state index in [1.54, 1.807) is 24.3 Å². The maximum Gasteiger partial charge on any atom is 0.250 e. The van der Waals surface area contributed by atoms with Crippen LogP contribution < -0.4 is 4.72 Å². The molecule has 0 atom stereocenters. The Bertz CT molecular complexity index is 648. The number of thiophene rings is 2. The largest absolute Gasteiger partial charge is 0.396 e. The monoisotopic (exact) mass is 337 g/mol. The van der Waals surface area contributed by atoms with Crippen LogP contribution in [0.3, 0.4) is 0 Å². The van der Waals surface area contributed by atoms with E-state index in [1.165, 1.54) is 22.7 Å². The van der Waals surface area contributed by atoms with Gasteiger partial charge in [-0.1, -0.05) is 11.6 Å². The van der Waals surface area contributed by atoms with Crippen LogP contribution in [0.25, 0.3) is 0 Å². The maximum atomic E-state index is 12.0. The summed E-state index contributed by atoms with van der Waals surface area (Å²) in [4.78, 5) is 1.71. The number of aliphatic hydroxyl groups excluding tert-OH is 1. The Hall–Kier alpha value is -0.440. The summed E-state index contributed by atoms with van der Waals surface area (Å²) in [6.45, 7) is 0.244. The highest BCUT2D eigenvalue weighted by atomic mass is 35.5. The van der Waals surface area contributed by atoms with Gasteiger partial charge in [0, 0.05) is 29.3 Å². The van der Waals surface area contributed by atoms with E-state index in [0.717, 1.165) is 9.75 Å². The summed E-state index contributed by atoms with van der Waals surface area (Å²) < 4.78 is 27.5. The van der Waals surface area contributed by atoms with Gasteiger partial charge in [0.1, 0.15) is 4.21 Å². The molecule has 104 valence electrons. The second kappa shape index (κ2) is 6.34. The van der Waals surface area contributed by atoms with E-state index in [0.29, 0.717) is 10.8 Å². The third kappa shape index (κ3) is 4.01. The summed E-state index contributed by atoms with van der Waals surface area (Å²) in [6, 6.07) is 6.80. The van der Waals surface area contributed by atoms with Crippen LogP contribution in [0.2, 0.25) is 4.34 Å². The van der Waals surface area contributed by atoms with Gasteiger partial charge in [0.25, 0.3) is 0 Å². The first-order valence-electron chi connectivity index (χ1n) is 5.45. The molecule has 2 aromatic rings. The van der Waals surface area contributed by atoms with Crippen molar-refractivity contribution >= 4 is 44.3 Å². The second-order valence-electron chi connectivity index (χ2n) is 3.72. The van der Waals surface area contributed by atoms with Gasteiger partial charge in [-0.15, -0.1) is 22.7 Å². The highest BCUT2D eigenvalue weighted by molar-refractivity contribution is 7.91. The molecule has 0 saturated heterocycles. The van der Waals surface area contributed by atoms with Crippen molar-refractivity contribution < 1.29 is 13.5 Å². The van der Waals surface area contributed by atoms with Crippen molar-refractivity contribution in [3.63, 3.8) is 0 Å². The van der Waals surface area contributed by atoms with Gasteiger partial charge in [0.2, 0.25) is 10.0 Å². The molecule has 19 heavy (non-hydrogen) atoms. The van der Waals surface area contributed by atoms with Gasteiger partial charge in [0.05, 0.1) is 4.34 Å². The zero-order valence-electron chi connectivity index (χ0n) is 9.80. The molecule has 0 fully saturated rings. The molecule has 2 aromatic heterocycles. The number of hydrogen-bond donors (Lipinski definition) is 2. The van der Waals surface area contributed by atoms with E-state index in [-0.39, 0.29) is 17.4 Å². The lowest BCUT2D eigenvalue weighted by Crippen LogP contribution is -2.21. The van der Waals surface area contributed by atoms with Crippen LogP contribution in [0.1, 0.15) is 9.75 Å². The topological polar surface area (TPSA) is 66.4 Å². The molecule has 0 saturated carbocycles. The Labute approximate surface area is 124 Å². The third-order valence-corrected chi connectivity index (χ3v) is 6.59. The Balaban J connectivity index is 2.04. The van der Waals surface area contributed by atoms with E-state index >= 15 is 0 Å². The number of hydrogen-bond acceptors (Lipinski definition) is 5. The zero-order valence-corrected chi connectivity index (χ0v) is 13.0. The number of nitrogens with one attached hydrogen (secondary N) is 1. The minimum absolute atomic E-state index is 0.0150. The third-order valence-electron chi connectivity index (χ3n) is 2.33. The van der Waals surface area contributed by atoms with Crippen molar-refractivity contribution in [2.24, 2.45) is 0 Å². The van der Waals surface area contributed by atoms with Crippen LogP contribution in [0.5, 0.6) is 0 Å². The first kappa shape index (κ1) is 15.0. The van der Waals surface area contributed by atoms with Crippen LogP contribution in [-0.2, 0) is 23.0 Å². The molecule has 0 aliphatic rings. The van der Waals surface area contributed by atoms with Crippen LogP contribution in [0.4, 0.5) is 0 Å². The van der Waals surface area contributed by atoms with Gasteiger partial charge in [-0.25, -0.2) is 13.1 Å². The van der Waals surface area contributed by atoms with Crippen LogP contribution in [-0.4, -0.2) is 20.1 Å². The van der Waals surface area contributed by atoms with E-state index in [1.807, 2.05) is 0 Å². The fourth-order valence-corrected chi connectivity index (χ4v) is 4.95. The first-order valence-corrected chi connectivity index (χ1v) is 8.94. The number of halogens is 1. The molecule has 4 nitrogen and oxygen atoms in total. The lowest BCUT2D eigenvalue weighted by atomic mass is 10.4. The average molecular weight is 338 g/mol. The van der Waals surface area contributed by atoms with E-state index in [9.17, 15) is 8.42 Å². The molecule has 2 rings (SSSR count). The Morgan fingerprint density at radius 3 is 2.53 bits per heavy atom. The fraction of sp³-hybridized carbons (Fsp3) is 0.273. The molecule has 0 amide bonds. The van der Waals surface area contributed by atoms with E-state index in [4.69, 9.17) is 16.7 Å². The summed E-state index contributed by atoms with van der Waals surface area (Å²) >= 11 is 8.30. The van der Waals surface area contributed by atoms with E-state index < -0.39 is 10.0 Å². The Kier molecular flexibility index (Phi) is 4.99. The molecule has 0 unspecified atom stereocenters. The van der Waals surface area contributed by atoms with Crippen molar-refractivity contribution in [1.82, 2.24) is 4.72 Å². The van der Waals surface area contributed by atoms with Gasteiger partial charge < -0.3 is 5.11 Å². The molecular weight excluding hydrogens is 326 g/mol. The standard InChI is InChI=1S/C11H12ClNO3S3/c12-10-3-1-9(17-10)7-13-19(15,16)11-4-2-8(18-11)5-6-14/h1-4,13-14H,5-7H2. The van der Waals surface area contributed by atoms with Gasteiger partial charge in [0.15, 0.2) is 0 Å². The minimum atomic E-state index is -3.50. The van der Waals surface area contributed by atoms with Crippen molar-refractivity contribution in [3.8, 4) is 0 Å². The quantitative estimate of drug-likeness (QED) is 0.851. The molecule has 0 radical (unpaired) electrons. The predicted molar refractivity (Wildman–Crippen MR) is 78.5 cm³/mol. The highest BCUT2D eigenvalue weighted by Gasteiger charge is 2.16. The molecule has 0 spiro atoms. The zero-order chi connectivity index (χ0) is 13.9. The maximum absolute atomic E-state index is 12.0. The van der Waals surface area contributed by atoms with Crippen molar-refractivity contribution in [3.05, 3.63) is 38.4 Å². The predicted octanol–water partition coefficient (Wildman–Crippen LogP) is 2.48. The number of aliphatic hydroxyl groups is 1. The van der Waals surface area contributed by atoms with Crippen molar-refractivity contribution in [2.75, 3.05) is 6.61 Å². The molecule has 8 heteroatoms. The summed E-state index contributed by atoms with van der Waals surface area (Å²) in [7, 11) is -3.50. The van der Waals surface area contributed by atoms with Crippen LogP contribution in [0.15, 0.2) is 28.5 Å². The Morgan fingerprint density at radius 2 is 1.89 bits per heavy atom. The summed E-state index contributed by atoms with van der Waals surface area (Å²) in [6.07, 6.45) is 0.473. The number of sulfonamides is 1. The fourth-order valence-electron chi connectivity index (χ4n) is 1.43. The molecule has 0 aliphatic heterocycles. The second-order valence-corrected chi connectivity index (χ2v) is 8.69. The highest BCUT2D eigenvalue weighted by Crippen LogP contribution is 2.24. The van der Waals surface area contributed by atoms with Gasteiger partial charge in [-0.2, -0.15) is 0 Å². The van der Waals surface area contributed by atoms with Crippen molar-refractivity contribution in [2.45, 2.75) is 17.2 Å².